The van der Waals surface area contributed by atoms with Gasteiger partial charge in [0.25, 0.3) is 0 Å². The van der Waals surface area contributed by atoms with Gasteiger partial charge in [-0.1, -0.05) is 6.07 Å². The van der Waals surface area contributed by atoms with Crippen molar-refractivity contribution in [3.63, 3.8) is 0 Å². The Labute approximate surface area is 127 Å². The van der Waals surface area contributed by atoms with Crippen LogP contribution in [0.1, 0.15) is 6.42 Å². The number of aliphatic hydroxyl groups is 1. The molecule has 0 aliphatic carbocycles. The highest BCUT2D eigenvalue weighted by atomic mass is 16.5. The summed E-state index contributed by atoms with van der Waals surface area (Å²) in [6.07, 6.45) is 0.757. The standard InChI is InChI=1S/C16H27N3O2/c1-18-7-6-13(9-18)10-19(2)11-15(20)12-21-16-5-3-4-14(17)8-16/h3-5,8,13,15,20H,6-7,9-12,17H2,1-2H3. The Morgan fingerprint density at radius 2 is 2.33 bits per heavy atom. The predicted molar refractivity (Wildman–Crippen MR) is 85.5 cm³/mol. The molecule has 1 heterocycles. The number of likely N-dealkylation sites (N-methyl/N-ethyl adjacent to an activating group) is 1. The Kier molecular flexibility index (Phi) is 5.85. The molecule has 0 radical (unpaired) electrons. The van der Waals surface area contributed by atoms with Crippen LogP contribution in [0.15, 0.2) is 24.3 Å². The van der Waals surface area contributed by atoms with Crippen LogP contribution in [0, 0.1) is 5.92 Å². The van der Waals surface area contributed by atoms with Crippen LogP contribution in [-0.4, -0.2) is 67.9 Å². The van der Waals surface area contributed by atoms with Crippen molar-refractivity contribution < 1.29 is 9.84 Å². The molecule has 2 unspecified atom stereocenters. The third-order valence-electron chi connectivity index (χ3n) is 3.88. The number of nitrogens with zero attached hydrogens (tertiary/aromatic N) is 2. The third-order valence-corrected chi connectivity index (χ3v) is 3.88. The fraction of sp³-hybridized carbons (Fsp3) is 0.625. The summed E-state index contributed by atoms with van der Waals surface area (Å²) < 4.78 is 5.57. The maximum absolute atomic E-state index is 10.1. The Balaban J connectivity index is 1.67. The van der Waals surface area contributed by atoms with Crippen LogP contribution < -0.4 is 10.5 Å². The minimum absolute atomic E-state index is 0.290. The molecule has 0 saturated carbocycles. The monoisotopic (exact) mass is 293 g/mol. The number of anilines is 1. The van der Waals surface area contributed by atoms with Crippen LogP contribution in [0.2, 0.25) is 0 Å². The van der Waals surface area contributed by atoms with Gasteiger partial charge in [0.05, 0.1) is 0 Å². The Morgan fingerprint density at radius 3 is 3.00 bits per heavy atom. The third kappa shape index (κ3) is 5.53. The summed E-state index contributed by atoms with van der Waals surface area (Å²) in [5.74, 6) is 1.41. The second-order valence-corrected chi connectivity index (χ2v) is 6.18. The number of benzene rings is 1. The van der Waals surface area contributed by atoms with Crippen molar-refractivity contribution >= 4 is 5.69 Å². The molecule has 1 saturated heterocycles. The second kappa shape index (κ2) is 7.64. The lowest BCUT2D eigenvalue weighted by atomic mass is 10.1. The number of nitrogen functional groups attached to an aromatic ring is 1. The van der Waals surface area contributed by atoms with E-state index in [1.807, 2.05) is 18.2 Å². The molecule has 2 rings (SSSR count). The van der Waals surface area contributed by atoms with Crippen molar-refractivity contribution in [1.82, 2.24) is 9.80 Å². The van der Waals surface area contributed by atoms with Gasteiger partial charge in [-0.05, 0) is 45.1 Å². The van der Waals surface area contributed by atoms with E-state index in [0.717, 1.165) is 13.1 Å². The smallest absolute Gasteiger partial charge is 0.121 e. The summed E-state index contributed by atoms with van der Waals surface area (Å²) in [6, 6.07) is 7.28. The number of hydrogen-bond donors (Lipinski definition) is 2. The molecule has 5 heteroatoms. The van der Waals surface area contributed by atoms with Gasteiger partial charge in [-0.25, -0.2) is 0 Å². The van der Waals surface area contributed by atoms with E-state index in [4.69, 9.17) is 10.5 Å². The van der Waals surface area contributed by atoms with E-state index in [2.05, 4.69) is 23.9 Å². The van der Waals surface area contributed by atoms with Gasteiger partial charge < -0.3 is 25.4 Å². The Morgan fingerprint density at radius 1 is 1.52 bits per heavy atom. The first-order chi connectivity index (χ1) is 10.0. The molecule has 0 amide bonds. The molecule has 1 fully saturated rings. The molecule has 1 aliphatic rings. The number of aliphatic hydroxyl groups excluding tert-OH is 1. The van der Waals surface area contributed by atoms with Gasteiger partial charge in [-0.2, -0.15) is 0 Å². The molecule has 0 aromatic heterocycles. The molecule has 5 nitrogen and oxygen atoms in total. The second-order valence-electron chi connectivity index (χ2n) is 6.18. The van der Waals surface area contributed by atoms with Crippen LogP contribution >= 0.6 is 0 Å². The molecule has 0 bridgehead atoms. The van der Waals surface area contributed by atoms with E-state index in [-0.39, 0.29) is 0 Å². The summed E-state index contributed by atoms with van der Waals surface area (Å²) in [7, 11) is 4.22. The zero-order valence-corrected chi connectivity index (χ0v) is 13.0. The normalized spacial score (nSPS) is 20.9. The van der Waals surface area contributed by atoms with Gasteiger partial charge in [0, 0.05) is 31.4 Å². The molecule has 2 atom stereocenters. The molecule has 118 valence electrons. The first-order valence-electron chi connectivity index (χ1n) is 7.56. The fourth-order valence-electron chi connectivity index (χ4n) is 2.90. The minimum Gasteiger partial charge on any atom is -0.491 e. The van der Waals surface area contributed by atoms with Crippen molar-refractivity contribution in [2.75, 3.05) is 52.6 Å². The largest absolute Gasteiger partial charge is 0.491 e. The average molecular weight is 293 g/mol. The topological polar surface area (TPSA) is 62.0 Å². The number of likely N-dealkylation sites (tertiary alicyclic amines) is 1. The van der Waals surface area contributed by atoms with Crippen LogP contribution in [0.3, 0.4) is 0 Å². The zero-order valence-electron chi connectivity index (χ0n) is 13.0. The Bertz CT molecular complexity index is 441. The van der Waals surface area contributed by atoms with E-state index in [1.165, 1.54) is 13.0 Å². The van der Waals surface area contributed by atoms with Crippen molar-refractivity contribution in [2.24, 2.45) is 5.92 Å². The van der Waals surface area contributed by atoms with E-state index in [9.17, 15) is 5.11 Å². The van der Waals surface area contributed by atoms with E-state index in [1.54, 1.807) is 6.07 Å². The van der Waals surface area contributed by atoms with Crippen LogP contribution in [0.4, 0.5) is 5.69 Å². The highest BCUT2D eigenvalue weighted by Crippen LogP contribution is 2.16. The quantitative estimate of drug-likeness (QED) is 0.731. The highest BCUT2D eigenvalue weighted by Gasteiger charge is 2.21. The van der Waals surface area contributed by atoms with Gasteiger partial charge in [0.2, 0.25) is 0 Å². The number of hydrogen-bond acceptors (Lipinski definition) is 5. The first kappa shape index (κ1) is 16.1. The number of nitrogens with two attached hydrogens (primary N) is 1. The summed E-state index contributed by atoms with van der Waals surface area (Å²) >= 11 is 0. The number of rotatable bonds is 7. The number of ether oxygens (including phenoxy) is 1. The Hall–Kier alpha value is -1.30. The minimum atomic E-state index is -0.490. The summed E-state index contributed by atoms with van der Waals surface area (Å²) in [4.78, 5) is 4.55. The lowest BCUT2D eigenvalue weighted by Gasteiger charge is -2.23. The van der Waals surface area contributed by atoms with Crippen molar-refractivity contribution in [2.45, 2.75) is 12.5 Å². The summed E-state index contributed by atoms with van der Waals surface area (Å²) in [5.41, 5.74) is 6.36. The van der Waals surface area contributed by atoms with Gasteiger partial charge in [-0.15, -0.1) is 0 Å². The molecule has 1 aliphatic heterocycles. The van der Waals surface area contributed by atoms with E-state index in [0.29, 0.717) is 30.5 Å². The lowest BCUT2D eigenvalue weighted by Crippen LogP contribution is -2.36. The van der Waals surface area contributed by atoms with Crippen molar-refractivity contribution in [1.29, 1.82) is 0 Å². The molecule has 0 spiro atoms. The summed E-state index contributed by atoms with van der Waals surface area (Å²) in [5, 5.41) is 10.1. The molecular formula is C16H27N3O2. The van der Waals surface area contributed by atoms with Gasteiger partial charge in [0.1, 0.15) is 18.5 Å². The first-order valence-corrected chi connectivity index (χ1v) is 7.56. The zero-order chi connectivity index (χ0) is 15.2. The average Bonchev–Trinajstić information content (AvgIpc) is 2.81. The van der Waals surface area contributed by atoms with Crippen molar-refractivity contribution in [3.8, 4) is 5.75 Å². The van der Waals surface area contributed by atoms with Gasteiger partial charge >= 0.3 is 0 Å². The molecule has 1 aromatic rings. The summed E-state index contributed by atoms with van der Waals surface area (Å²) in [6.45, 7) is 4.28. The van der Waals surface area contributed by atoms with Gasteiger partial charge in [0.15, 0.2) is 0 Å². The van der Waals surface area contributed by atoms with Crippen LogP contribution in [-0.2, 0) is 0 Å². The van der Waals surface area contributed by atoms with E-state index < -0.39 is 6.10 Å². The SMILES string of the molecule is CN1CCC(CN(C)CC(O)COc2cccc(N)c2)C1. The predicted octanol–water partition coefficient (Wildman–Crippen LogP) is 0.892. The molecule has 1 aromatic carbocycles. The maximum Gasteiger partial charge on any atom is 0.121 e. The van der Waals surface area contributed by atoms with E-state index >= 15 is 0 Å². The fourth-order valence-corrected chi connectivity index (χ4v) is 2.90. The van der Waals surface area contributed by atoms with Crippen molar-refractivity contribution in [3.05, 3.63) is 24.3 Å². The molecule has 21 heavy (non-hydrogen) atoms. The van der Waals surface area contributed by atoms with Crippen LogP contribution in [0.25, 0.3) is 0 Å². The lowest BCUT2D eigenvalue weighted by molar-refractivity contribution is 0.0722. The molecular weight excluding hydrogens is 266 g/mol. The van der Waals surface area contributed by atoms with Crippen LogP contribution in [0.5, 0.6) is 5.75 Å². The molecule has 3 N–H and O–H groups in total. The van der Waals surface area contributed by atoms with Gasteiger partial charge in [-0.3, -0.25) is 0 Å². The maximum atomic E-state index is 10.1. The highest BCUT2D eigenvalue weighted by molar-refractivity contribution is 5.43.